The fraction of sp³-hybridized carbons (Fsp3) is 0.429. The highest BCUT2D eigenvalue weighted by Gasteiger charge is 2.31. The zero-order chi connectivity index (χ0) is 29.8. The van der Waals surface area contributed by atoms with Crippen molar-refractivity contribution in [3.63, 3.8) is 0 Å². The van der Waals surface area contributed by atoms with E-state index in [0.717, 1.165) is 18.5 Å². The van der Waals surface area contributed by atoms with Crippen LogP contribution in [0.1, 0.15) is 23.3 Å². The summed E-state index contributed by atoms with van der Waals surface area (Å²) in [5.74, 6) is 5.48. The zero-order valence-electron chi connectivity index (χ0n) is 22.3. The van der Waals surface area contributed by atoms with Gasteiger partial charge in [0.15, 0.2) is 6.61 Å². The molecule has 0 atom stereocenters. The first-order valence-electron chi connectivity index (χ1n) is 12.8. The number of fused-ring (bicyclic) bond motifs is 1. The molecule has 0 saturated carbocycles. The van der Waals surface area contributed by atoms with Crippen LogP contribution in [0.3, 0.4) is 0 Å². The van der Waals surface area contributed by atoms with Gasteiger partial charge in [-0.15, -0.1) is 11.3 Å². The number of rotatable bonds is 8. The van der Waals surface area contributed by atoms with Crippen LogP contribution in [0.4, 0.5) is 37.7 Å². The van der Waals surface area contributed by atoms with E-state index in [-0.39, 0.29) is 34.5 Å². The molecule has 1 saturated heterocycles. The summed E-state index contributed by atoms with van der Waals surface area (Å²) < 4.78 is 102. The molecule has 1 aliphatic heterocycles. The van der Waals surface area contributed by atoms with Crippen molar-refractivity contribution in [1.29, 1.82) is 0 Å². The monoisotopic (exact) mass is 618 g/mol. The van der Waals surface area contributed by atoms with Crippen molar-refractivity contribution in [2.75, 3.05) is 50.3 Å². The fourth-order valence-electron chi connectivity index (χ4n) is 4.36. The highest BCUT2D eigenvalue weighted by Crippen LogP contribution is 2.40. The molecule has 4 rings (SSSR count). The van der Waals surface area contributed by atoms with Gasteiger partial charge in [-0.3, -0.25) is 0 Å². The number of thiophene rings is 1. The van der Waals surface area contributed by atoms with E-state index in [2.05, 4.69) is 22.5 Å². The molecule has 0 aliphatic carbocycles. The Morgan fingerprint density at radius 2 is 1.78 bits per heavy atom. The van der Waals surface area contributed by atoms with E-state index in [4.69, 9.17) is 9.47 Å². The molecular weight excluding hydrogens is 589 g/mol. The first-order valence-corrected chi connectivity index (χ1v) is 16.2. The van der Waals surface area contributed by atoms with Crippen LogP contribution in [0.25, 0.3) is 10.1 Å². The molecule has 0 spiro atoms. The summed E-state index contributed by atoms with van der Waals surface area (Å²) >= 11 is 1.17. The van der Waals surface area contributed by atoms with Gasteiger partial charge >= 0.3 is 12.4 Å². The van der Waals surface area contributed by atoms with E-state index in [1.165, 1.54) is 42.9 Å². The molecule has 2 aromatic carbocycles. The number of halogens is 6. The smallest absolute Gasteiger partial charge is 0.422 e. The number of hydrogen-bond donors (Lipinski definition) is 2. The normalized spacial score (nSPS) is 14.9. The van der Waals surface area contributed by atoms with Gasteiger partial charge in [0, 0.05) is 24.6 Å². The van der Waals surface area contributed by atoms with E-state index in [9.17, 15) is 30.9 Å². The maximum Gasteiger partial charge on any atom is 0.422 e. The molecule has 41 heavy (non-hydrogen) atoms. The molecule has 2 heterocycles. The van der Waals surface area contributed by atoms with Gasteiger partial charge in [0.25, 0.3) is 0 Å². The highest BCUT2D eigenvalue weighted by molar-refractivity contribution is 7.70. The summed E-state index contributed by atoms with van der Waals surface area (Å²) in [6.45, 7) is 2.59. The third kappa shape index (κ3) is 8.81. The molecule has 0 amide bonds. The summed E-state index contributed by atoms with van der Waals surface area (Å²) in [5.41, 5.74) is 1.01. The number of alkyl halides is 6. The predicted molar refractivity (Wildman–Crippen MR) is 151 cm³/mol. The maximum atomic E-state index is 13.5. The predicted octanol–water partition coefficient (Wildman–Crippen LogP) is 7.25. The maximum absolute atomic E-state index is 13.5. The summed E-state index contributed by atoms with van der Waals surface area (Å²) in [6, 6.07) is 9.62. The Hall–Kier alpha value is -2.87. The van der Waals surface area contributed by atoms with Crippen LogP contribution in [0.2, 0.25) is 0 Å². The van der Waals surface area contributed by atoms with E-state index < -0.39 is 32.5 Å². The number of hydrogen-bond acceptors (Lipinski definition) is 6. The summed E-state index contributed by atoms with van der Waals surface area (Å²) in [6.07, 6.45) is -8.59. The molecule has 0 unspecified atom stereocenters. The van der Waals surface area contributed by atoms with Gasteiger partial charge in [0.05, 0.1) is 33.9 Å². The van der Waals surface area contributed by atoms with Crippen LogP contribution in [0.5, 0.6) is 5.75 Å². The quantitative estimate of drug-likeness (QED) is 0.158. The van der Waals surface area contributed by atoms with Gasteiger partial charge in [-0.25, -0.2) is 0 Å². The lowest BCUT2D eigenvalue weighted by Crippen LogP contribution is -2.27. The van der Waals surface area contributed by atoms with E-state index in [1.54, 1.807) is 12.1 Å². The van der Waals surface area contributed by atoms with Crippen LogP contribution in [-0.2, 0) is 15.7 Å². The lowest BCUT2D eigenvalue weighted by atomic mass is 10.1. The van der Waals surface area contributed by atoms with Crippen LogP contribution >= 0.6 is 18.5 Å². The van der Waals surface area contributed by atoms with Crippen molar-refractivity contribution in [3.8, 4) is 17.6 Å². The van der Waals surface area contributed by atoms with Gasteiger partial charge in [-0.2, -0.15) is 26.3 Å². The minimum atomic E-state index is -4.58. The Morgan fingerprint density at radius 1 is 1.05 bits per heavy atom. The summed E-state index contributed by atoms with van der Waals surface area (Å²) in [4.78, 5) is 0.266. The van der Waals surface area contributed by atoms with Crippen molar-refractivity contribution in [2.24, 2.45) is 0 Å². The molecule has 2 N–H and O–H groups in total. The van der Waals surface area contributed by atoms with Crippen molar-refractivity contribution < 1.29 is 40.4 Å². The first-order chi connectivity index (χ1) is 19.2. The lowest BCUT2D eigenvalue weighted by Gasteiger charge is -2.24. The third-order valence-corrected chi connectivity index (χ3v) is 9.04. The van der Waals surface area contributed by atoms with E-state index in [0.29, 0.717) is 28.6 Å². The first kappa shape index (κ1) is 31.1. The zero-order valence-corrected chi connectivity index (χ0v) is 24.1. The van der Waals surface area contributed by atoms with Crippen molar-refractivity contribution >= 4 is 45.2 Å². The highest BCUT2D eigenvalue weighted by atomic mass is 32.1. The van der Waals surface area contributed by atoms with Gasteiger partial charge in [0.1, 0.15) is 12.9 Å². The molecule has 1 aromatic heterocycles. The van der Waals surface area contributed by atoms with Crippen molar-refractivity contribution in [2.45, 2.75) is 37.7 Å². The van der Waals surface area contributed by atoms with Crippen LogP contribution in [0.15, 0.2) is 36.4 Å². The fourth-order valence-corrected chi connectivity index (χ4v) is 6.39. The third-order valence-electron chi connectivity index (χ3n) is 6.32. The van der Waals surface area contributed by atoms with Crippen LogP contribution in [-0.4, -0.2) is 58.1 Å². The molecule has 0 radical (unpaired) electrons. The second kappa shape index (κ2) is 12.6. The van der Waals surface area contributed by atoms with Crippen LogP contribution in [0, 0.1) is 11.8 Å². The van der Waals surface area contributed by atoms with Crippen LogP contribution < -0.4 is 20.7 Å². The minimum Gasteiger partial charge on any atom is -0.482 e. The molecule has 0 bridgehead atoms. The van der Waals surface area contributed by atoms with Gasteiger partial charge in [0.2, 0.25) is 0 Å². The topological polar surface area (TPSA) is 59.6 Å². The number of anilines is 2. The Morgan fingerprint density at radius 3 is 2.44 bits per heavy atom. The van der Waals surface area contributed by atoms with Crippen molar-refractivity contribution in [1.82, 2.24) is 0 Å². The molecule has 13 heteroatoms. The molecule has 1 aliphatic rings. The Balaban J connectivity index is 1.60. The molecule has 1 fully saturated rings. The van der Waals surface area contributed by atoms with E-state index in [1.807, 2.05) is 6.07 Å². The van der Waals surface area contributed by atoms with Gasteiger partial charge < -0.3 is 24.7 Å². The van der Waals surface area contributed by atoms with Gasteiger partial charge in [-0.1, -0.05) is 24.0 Å². The Kier molecular flexibility index (Phi) is 9.52. The van der Waals surface area contributed by atoms with Crippen molar-refractivity contribution in [3.05, 3.63) is 46.8 Å². The molecule has 5 nitrogen and oxygen atoms in total. The largest absolute Gasteiger partial charge is 0.482 e. The summed E-state index contributed by atoms with van der Waals surface area (Å²) in [5, 5.41) is 7.12. The van der Waals surface area contributed by atoms with Gasteiger partial charge in [-0.05, 0) is 61.4 Å². The average Bonchev–Trinajstić information content (AvgIpc) is 3.22. The summed E-state index contributed by atoms with van der Waals surface area (Å²) in [7, 11) is -2.77. The SMILES string of the molecule is CP(C)(=O)c1ccc(NCC#Cc2sc3c(NC4CCOCC4)cccc3c2CC(F)(F)F)c(OCC(F)(F)F)c1. The Labute approximate surface area is 238 Å². The van der Waals surface area contributed by atoms with E-state index >= 15 is 0 Å². The molecule has 3 aromatic rings. The second-order valence-electron chi connectivity index (χ2n) is 10.0. The minimum absolute atomic E-state index is 0.0788. The average molecular weight is 619 g/mol. The lowest BCUT2D eigenvalue weighted by molar-refractivity contribution is -0.153. The standard InChI is InChI=1S/C28H29F6N2O3PS/c1-40(2,37)19-8-9-22(24(15-19)39-17-28(32,33)34)35-12-4-7-25-21(16-27(29,30)31)20-5-3-6-23(26(20)41-25)36-18-10-13-38-14-11-18/h3,5-6,8-9,15,18,35-36H,10-14,16-17H2,1-2H3. The molecular formula is C28H29F6N2O3PS. The number of nitrogens with one attached hydrogen (secondary N) is 2. The number of benzene rings is 2. The second-order valence-corrected chi connectivity index (χ2v) is 14.2. The number of ether oxygens (including phenoxy) is 2. The molecule has 222 valence electrons. The Bertz CT molecular complexity index is 1480.